The zero-order valence-corrected chi connectivity index (χ0v) is 10.8. The number of nitrogens with one attached hydrogen (secondary N) is 2. The molecule has 1 aliphatic rings. The summed E-state index contributed by atoms with van der Waals surface area (Å²) >= 11 is 0. The zero-order chi connectivity index (χ0) is 13.5. The summed E-state index contributed by atoms with van der Waals surface area (Å²) in [6, 6.07) is 6.81. The Hall–Kier alpha value is -1.94. The van der Waals surface area contributed by atoms with Crippen LogP contribution in [0.5, 0.6) is 0 Å². The first-order valence-corrected chi connectivity index (χ1v) is 6.52. The maximum Gasteiger partial charge on any atom is 0.252 e. The molecule has 0 atom stereocenters. The smallest absolute Gasteiger partial charge is 0.252 e. The Kier molecular flexibility index (Phi) is 4.86. The predicted octanol–water partition coefficient (Wildman–Crippen LogP) is 1.78. The van der Waals surface area contributed by atoms with Gasteiger partial charge in [0, 0.05) is 19.1 Å². The molecule has 102 valence electrons. The minimum Gasteiger partial charge on any atom is -0.349 e. The molecule has 0 spiro atoms. The van der Waals surface area contributed by atoms with Crippen molar-refractivity contribution in [2.75, 3.05) is 19.6 Å². The lowest BCUT2D eigenvalue weighted by Crippen LogP contribution is -2.26. The second-order valence-corrected chi connectivity index (χ2v) is 4.53. The van der Waals surface area contributed by atoms with Crippen LogP contribution in [0.15, 0.2) is 35.9 Å². The summed E-state index contributed by atoms with van der Waals surface area (Å²) in [7, 11) is 0. The number of amides is 1. The SMILES string of the molecule is O=Cc1ccccc1C(=O)NCC=C1CCNCC1.[HH]. The van der Waals surface area contributed by atoms with Gasteiger partial charge in [-0.15, -0.1) is 0 Å². The van der Waals surface area contributed by atoms with E-state index < -0.39 is 0 Å². The van der Waals surface area contributed by atoms with Crippen LogP contribution in [-0.2, 0) is 0 Å². The lowest BCUT2D eigenvalue weighted by atomic mass is 10.1. The summed E-state index contributed by atoms with van der Waals surface area (Å²) in [5, 5.41) is 6.11. The monoisotopic (exact) mass is 260 g/mol. The predicted molar refractivity (Wildman–Crippen MR) is 76.5 cm³/mol. The van der Waals surface area contributed by atoms with Crippen molar-refractivity contribution >= 4 is 12.2 Å². The molecule has 1 aromatic carbocycles. The van der Waals surface area contributed by atoms with Crippen molar-refractivity contribution < 1.29 is 11.0 Å². The molecule has 1 amide bonds. The molecule has 4 nitrogen and oxygen atoms in total. The van der Waals surface area contributed by atoms with Crippen molar-refractivity contribution in [3.63, 3.8) is 0 Å². The molecule has 19 heavy (non-hydrogen) atoms. The number of piperidine rings is 1. The number of hydrogen-bond donors (Lipinski definition) is 2. The first-order valence-electron chi connectivity index (χ1n) is 6.52. The molecule has 1 saturated heterocycles. The van der Waals surface area contributed by atoms with Crippen molar-refractivity contribution in [1.29, 1.82) is 0 Å². The number of aldehydes is 1. The summed E-state index contributed by atoms with van der Waals surface area (Å²) in [4.78, 5) is 22.8. The van der Waals surface area contributed by atoms with Gasteiger partial charge in [0.25, 0.3) is 5.91 Å². The van der Waals surface area contributed by atoms with E-state index in [1.807, 2.05) is 0 Å². The van der Waals surface area contributed by atoms with Crippen LogP contribution in [0.2, 0.25) is 0 Å². The van der Waals surface area contributed by atoms with Crippen molar-refractivity contribution in [2.45, 2.75) is 12.8 Å². The molecule has 1 aromatic rings. The van der Waals surface area contributed by atoms with E-state index >= 15 is 0 Å². The van der Waals surface area contributed by atoms with Gasteiger partial charge >= 0.3 is 0 Å². The molecule has 1 fully saturated rings. The third-order valence-electron chi connectivity index (χ3n) is 3.23. The fraction of sp³-hybridized carbons (Fsp3) is 0.333. The van der Waals surface area contributed by atoms with Crippen LogP contribution >= 0.6 is 0 Å². The standard InChI is InChI=1S/C15H18N2O2.H2/c18-11-13-3-1-2-4-14(13)15(19)17-10-7-12-5-8-16-9-6-12;/h1-4,7,11,16H,5-6,8-10H2,(H,17,19);1H. The summed E-state index contributed by atoms with van der Waals surface area (Å²) in [5.41, 5.74) is 2.23. The van der Waals surface area contributed by atoms with Gasteiger partial charge in [-0.1, -0.05) is 29.8 Å². The third kappa shape index (κ3) is 3.76. The maximum absolute atomic E-state index is 12.0. The van der Waals surface area contributed by atoms with E-state index in [9.17, 15) is 9.59 Å². The number of carbonyl (C=O) groups excluding carboxylic acids is 2. The number of rotatable bonds is 4. The van der Waals surface area contributed by atoms with Gasteiger partial charge in [0.05, 0.1) is 0 Å². The Balaban J connectivity index is 0.00000200. The summed E-state index contributed by atoms with van der Waals surface area (Å²) in [6.45, 7) is 2.53. The van der Waals surface area contributed by atoms with E-state index in [1.54, 1.807) is 24.3 Å². The van der Waals surface area contributed by atoms with Crippen molar-refractivity contribution in [3.8, 4) is 0 Å². The van der Waals surface area contributed by atoms with Gasteiger partial charge < -0.3 is 10.6 Å². The largest absolute Gasteiger partial charge is 0.349 e. The fourth-order valence-corrected chi connectivity index (χ4v) is 2.14. The number of benzene rings is 1. The number of carbonyl (C=O) groups is 2. The molecule has 0 aromatic heterocycles. The molecule has 4 heteroatoms. The average molecular weight is 260 g/mol. The molecular weight excluding hydrogens is 240 g/mol. The molecule has 0 unspecified atom stereocenters. The van der Waals surface area contributed by atoms with Gasteiger partial charge in [-0.2, -0.15) is 0 Å². The highest BCUT2D eigenvalue weighted by Gasteiger charge is 2.09. The Bertz CT molecular complexity index is 492. The van der Waals surface area contributed by atoms with Gasteiger partial charge in [-0.05, 0) is 32.0 Å². The Morgan fingerprint density at radius 1 is 1.32 bits per heavy atom. The van der Waals surface area contributed by atoms with Crippen LogP contribution in [-0.4, -0.2) is 31.8 Å². The van der Waals surface area contributed by atoms with E-state index in [0.29, 0.717) is 24.0 Å². The molecule has 2 rings (SSSR count). The van der Waals surface area contributed by atoms with Crippen LogP contribution in [0, 0.1) is 0 Å². The normalized spacial score (nSPS) is 14.8. The first kappa shape index (κ1) is 13.5. The van der Waals surface area contributed by atoms with Crippen molar-refractivity contribution in [2.24, 2.45) is 0 Å². The Labute approximate surface area is 114 Å². The highest BCUT2D eigenvalue weighted by atomic mass is 16.1. The molecule has 0 aliphatic carbocycles. The van der Waals surface area contributed by atoms with Gasteiger partial charge in [0.1, 0.15) is 0 Å². The van der Waals surface area contributed by atoms with E-state index in [0.717, 1.165) is 25.9 Å². The van der Waals surface area contributed by atoms with Gasteiger partial charge in [-0.25, -0.2) is 0 Å². The molecule has 1 aliphatic heterocycles. The van der Waals surface area contributed by atoms with E-state index in [4.69, 9.17) is 0 Å². The van der Waals surface area contributed by atoms with E-state index in [1.165, 1.54) is 5.57 Å². The summed E-state index contributed by atoms with van der Waals surface area (Å²) < 4.78 is 0. The summed E-state index contributed by atoms with van der Waals surface area (Å²) in [6.07, 6.45) is 4.87. The van der Waals surface area contributed by atoms with Gasteiger partial charge in [-0.3, -0.25) is 9.59 Å². The highest BCUT2D eigenvalue weighted by Crippen LogP contribution is 2.09. The zero-order valence-electron chi connectivity index (χ0n) is 10.8. The van der Waals surface area contributed by atoms with Crippen LogP contribution in [0.4, 0.5) is 0 Å². The van der Waals surface area contributed by atoms with Gasteiger partial charge in [0.2, 0.25) is 0 Å². The molecule has 0 saturated carbocycles. The molecule has 1 heterocycles. The lowest BCUT2D eigenvalue weighted by Gasteiger charge is -2.15. The second-order valence-electron chi connectivity index (χ2n) is 4.53. The van der Waals surface area contributed by atoms with Crippen LogP contribution in [0.25, 0.3) is 0 Å². The second kappa shape index (κ2) is 6.85. The van der Waals surface area contributed by atoms with Crippen molar-refractivity contribution in [3.05, 3.63) is 47.0 Å². The van der Waals surface area contributed by atoms with Gasteiger partial charge in [0.15, 0.2) is 6.29 Å². The number of hydrogen-bond acceptors (Lipinski definition) is 3. The van der Waals surface area contributed by atoms with Crippen molar-refractivity contribution in [1.82, 2.24) is 10.6 Å². The molecule has 0 bridgehead atoms. The van der Waals surface area contributed by atoms with E-state index in [-0.39, 0.29) is 7.33 Å². The lowest BCUT2D eigenvalue weighted by molar-refractivity contribution is 0.0952. The minimum absolute atomic E-state index is 0. The third-order valence-corrected chi connectivity index (χ3v) is 3.23. The highest BCUT2D eigenvalue weighted by molar-refractivity contribution is 6.01. The Morgan fingerprint density at radius 2 is 2.05 bits per heavy atom. The first-order chi connectivity index (χ1) is 9.31. The fourth-order valence-electron chi connectivity index (χ4n) is 2.14. The van der Waals surface area contributed by atoms with Crippen LogP contribution < -0.4 is 10.6 Å². The molecule has 2 N–H and O–H groups in total. The quantitative estimate of drug-likeness (QED) is 0.641. The van der Waals surface area contributed by atoms with Crippen LogP contribution in [0.1, 0.15) is 35.0 Å². The van der Waals surface area contributed by atoms with Crippen LogP contribution in [0.3, 0.4) is 0 Å². The van der Waals surface area contributed by atoms with E-state index in [2.05, 4.69) is 16.7 Å². The topological polar surface area (TPSA) is 58.2 Å². The summed E-state index contributed by atoms with van der Waals surface area (Å²) in [5.74, 6) is -0.200. The minimum atomic E-state index is -0.200. The Morgan fingerprint density at radius 3 is 2.79 bits per heavy atom. The maximum atomic E-state index is 12.0. The molecular formula is C15H20N2O2. The average Bonchev–Trinajstić information content (AvgIpc) is 2.48. The molecule has 0 radical (unpaired) electrons.